The second-order valence-electron chi connectivity index (χ2n) is 2.78. The van der Waals surface area contributed by atoms with Crippen LogP contribution < -0.4 is 0 Å². The predicted octanol–water partition coefficient (Wildman–Crippen LogP) is 2.38. The van der Waals surface area contributed by atoms with Gasteiger partial charge in [0, 0.05) is 6.61 Å². The number of alkyl halides is 3. The molecule has 0 aromatic heterocycles. The summed E-state index contributed by atoms with van der Waals surface area (Å²) in [5.41, 5.74) is -1.02. The van der Waals surface area contributed by atoms with E-state index < -0.39 is 17.6 Å². The van der Waals surface area contributed by atoms with E-state index in [9.17, 15) is 17.6 Å². The Labute approximate surface area is 78.0 Å². The van der Waals surface area contributed by atoms with Gasteiger partial charge < -0.3 is 5.11 Å². The third-order valence-electron chi connectivity index (χ3n) is 1.75. The lowest BCUT2D eigenvalue weighted by molar-refractivity contribution is -0.137. The van der Waals surface area contributed by atoms with E-state index in [1.165, 1.54) is 0 Å². The number of hydrogen-bond acceptors (Lipinski definition) is 1. The van der Waals surface area contributed by atoms with E-state index in [2.05, 4.69) is 0 Å². The fraction of sp³-hybridized carbons (Fsp3) is 0.333. The molecule has 1 N–H and O–H groups in total. The molecule has 0 spiro atoms. The normalized spacial score (nSPS) is 11.8. The maximum Gasteiger partial charge on any atom is 0.416 e. The lowest BCUT2D eigenvalue weighted by atomic mass is 10.1. The Morgan fingerprint density at radius 1 is 1.21 bits per heavy atom. The van der Waals surface area contributed by atoms with Crippen LogP contribution in [0.5, 0.6) is 0 Å². The van der Waals surface area contributed by atoms with Crippen LogP contribution >= 0.6 is 0 Å². The number of rotatable bonds is 2. The van der Waals surface area contributed by atoms with Gasteiger partial charge in [0.25, 0.3) is 0 Å². The van der Waals surface area contributed by atoms with Gasteiger partial charge in [0.1, 0.15) is 5.82 Å². The maximum atomic E-state index is 12.9. The van der Waals surface area contributed by atoms with Crippen LogP contribution in [0.15, 0.2) is 18.2 Å². The van der Waals surface area contributed by atoms with Gasteiger partial charge in [-0.15, -0.1) is 0 Å². The van der Waals surface area contributed by atoms with Crippen LogP contribution in [0.4, 0.5) is 17.6 Å². The van der Waals surface area contributed by atoms with Crippen molar-refractivity contribution in [1.82, 2.24) is 0 Å². The number of halogens is 4. The molecule has 0 aliphatic rings. The molecule has 0 heterocycles. The molecule has 0 unspecified atom stereocenters. The Hall–Kier alpha value is -1.10. The molecule has 0 fully saturated rings. The summed E-state index contributed by atoms with van der Waals surface area (Å²) in [5.74, 6) is -0.730. The van der Waals surface area contributed by atoms with E-state index in [1.54, 1.807) is 0 Å². The van der Waals surface area contributed by atoms with E-state index in [0.717, 1.165) is 6.07 Å². The van der Waals surface area contributed by atoms with Gasteiger partial charge in [-0.05, 0) is 30.2 Å². The SMILES string of the molecule is OCCc1cc(C(F)(F)F)ccc1F. The predicted molar refractivity (Wildman–Crippen MR) is 42.2 cm³/mol. The fourth-order valence-electron chi connectivity index (χ4n) is 1.06. The van der Waals surface area contributed by atoms with Gasteiger partial charge >= 0.3 is 6.18 Å². The zero-order valence-electron chi connectivity index (χ0n) is 7.11. The number of aliphatic hydroxyl groups excluding tert-OH is 1. The van der Waals surface area contributed by atoms with Gasteiger partial charge in [0.05, 0.1) is 5.56 Å². The quantitative estimate of drug-likeness (QED) is 0.740. The molecule has 1 rings (SSSR count). The minimum absolute atomic E-state index is 0.115. The number of benzene rings is 1. The molecule has 0 saturated carbocycles. The zero-order chi connectivity index (χ0) is 10.8. The van der Waals surface area contributed by atoms with Crippen molar-refractivity contribution in [3.8, 4) is 0 Å². The average Bonchev–Trinajstić information content (AvgIpc) is 2.07. The van der Waals surface area contributed by atoms with Crippen molar-refractivity contribution in [2.24, 2.45) is 0 Å². The number of hydrogen-bond donors (Lipinski definition) is 1. The lowest BCUT2D eigenvalue weighted by Crippen LogP contribution is -2.07. The van der Waals surface area contributed by atoms with Gasteiger partial charge in [0.15, 0.2) is 0 Å². The highest BCUT2D eigenvalue weighted by Gasteiger charge is 2.30. The van der Waals surface area contributed by atoms with Gasteiger partial charge in [-0.2, -0.15) is 13.2 Å². The summed E-state index contributed by atoms with van der Waals surface area (Å²) in [6.07, 6.45) is -4.59. The zero-order valence-corrected chi connectivity index (χ0v) is 7.11. The molecule has 0 bridgehead atoms. The van der Waals surface area contributed by atoms with Crippen LogP contribution in [-0.4, -0.2) is 11.7 Å². The van der Waals surface area contributed by atoms with Crippen molar-refractivity contribution in [1.29, 1.82) is 0 Å². The topological polar surface area (TPSA) is 20.2 Å². The Kier molecular flexibility index (Phi) is 3.10. The largest absolute Gasteiger partial charge is 0.416 e. The summed E-state index contributed by atoms with van der Waals surface area (Å²) in [4.78, 5) is 0. The highest BCUT2D eigenvalue weighted by atomic mass is 19.4. The minimum atomic E-state index is -4.47. The van der Waals surface area contributed by atoms with E-state index in [0.29, 0.717) is 12.1 Å². The summed E-state index contributed by atoms with van der Waals surface area (Å²) in [6.45, 7) is -0.377. The van der Waals surface area contributed by atoms with Crippen LogP contribution in [0.2, 0.25) is 0 Å². The van der Waals surface area contributed by atoms with E-state index in [1.807, 2.05) is 0 Å². The molecule has 78 valence electrons. The maximum absolute atomic E-state index is 12.9. The van der Waals surface area contributed by atoms with Crippen LogP contribution in [0.25, 0.3) is 0 Å². The van der Waals surface area contributed by atoms with Crippen molar-refractivity contribution in [2.45, 2.75) is 12.6 Å². The van der Waals surface area contributed by atoms with Crippen LogP contribution in [-0.2, 0) is 12.6 Å². The monoisotopic (exact) mass is 208 g/mol. The van der Waals surface area contributed by atoms with Crippen LogP contribution in [0.1, 0.15) is 11.1 Å². The molecule has 0 aliphatic heterocycles. The molecule has 0 aliphatic carbocycles. The Morgan fingerprint density at radius 3 is 2.36 bits per heavy atom. The third kappa shape index (κ3) is 2.45. The molecule has 1 nitrogen and oxygen atoms in total. The van der Waals surface area contributed by atoms with E-state index in [4.69, 9.17) is 5.11 Å². The van der Waals surface area contributed by atoms with Crippen molar-refractivity contribution < 1.29 is 22.7 Å². The molecular weight excluding hydrogens is 200 g/mol. The molecule has 5 heteroatoms. The Morgan fingerprint density at radius 2 is 1.86 bits per heavy atom. The van der Waals surface area contributed by atoms with Gasteiger partial charge in [-0.3, -0.25) is 0 Å². The van der Waals surface area contributed by atoms with Crippen LogP contribution in [0.3, 0.4) is 0 Å². The second kappa shape index (κ2) is 3.96. The molecule has 1 aromatic rings. The smallest absolute Gasteiger partial charge is 0.396 e. The van der Waals surface area contributed by atoms with Gasteiger partial charge in [-0.1, -0.05) is 0 Å². The first-order chi connectivity index (χ1) is 6.45. The molecule has 0 radical (unpaired) electrons. The lowest BCUT2D eigenvalue weighted by Gasteiger charge is -2.08. The molecule has 0 saturated heterocycles. The molecule has 0 atom stereocenters. The third-order valence-corrected chi connectivity index (χ3v) is 1.75. The Bertz CT molecular complexity index is 319. The van der Waals surface area contributed by atoms with E-state index >= 15 is 0 Å². The highest BCUT2D eigenvalue weighted by Crippen LogP contribution is 2.30. The summed E-state index contributed by atoms with van der Waals surface area (Å²) < 4.78 is 49.3. The highest BCUT2D eigenvalue weighted by molar-refractivity contribution is 5.27. The second-order valence-corrected chi connectivity index (χ2v) is 2.78. The summed E-state index contributed by atoms with van der Waals surface area (Å²) in [7, 11) is 0. The fourth-order valence-corrected chi connectivity index (χ4v) is 1.06. The first-order valence-corrected chi connectivity index (χ1v) is 3.91. The first-order valence-electron chi connectivity index (χ1n) is 3.91. The van der Waals surface area contributed by atoms with Crippen molar-refractivity contribution in [2.75, 3.05) is 6.61 Å². The number of aliphatic hydroxyl groups is 1. The average molecular weight is 208 g/mol. The molecule has 0 amide bonds. The molecule has 14 heavy (non-hydrogen) atoms. The van der Waals surface area contributed by atoms with Crippen molar-refractivity contribution in [3.05, 3.63) is 35.1 Å². The molecule has 1 aromatic carbocycles. The summed E-state index contributed by atoms with van der Waals surface area (Å²) in [5, 5.41) is 8.49. The van der Waals surface area contributed by atoms with Crippen LogP contribution in [0, 0.1) is 5.82 Å². The van der Waals surface area contributed by atoms with Gasteiger partial charge in [-0.25, -0.2) is 4.39 Å². The van der Waals surface area contributed by atoms with Crippen molar-refractivity contribution in [3.63, 3.8) is 0 Å². The minimum Gasteiger partial charge on any atom is -0.396 e. The van der Waals surface area contributed by atoms with E-state index in [-0.39, 0.29) is 18.6 Å². The summed E-state index contributed by atoms with van der Waals surface area (Å²) in [6, 6.07) is 2.15. The Balaban J connectivity index is 3.06. The standard InChI is InChI=1S/C9H8F4O/c10-8-2-1-7(9(11,12)13)5-6(8)3-4-14/h1-2,5,14H,3-4H2. The van der Waals surface area contributed by atoms with Gasteiger partial charge in [0.2, 0.25) is 0 Å². The first kappa shape index (κ1) is 11.0. The summed E-state index contributed by atoms with van der Waals surface area (Å²) >= 11 is 0. The van der Waals surface area contributed by atoms with Crippen molar-refractivity contribution >= 4 is 0 Å². The molecular formula is C9H8F4O.